The summed E-state index contributed by atoms with van der Waals surface area (Å²) in [7, 11) is -1.87. The van der Waals surface area contributed by atoms with Gasteiger partial charge in [0.1, 0.15) is 5.60 Å². The molecule has 6 heteroatoms. The van der Waals surface area contributed by atoms with Gasteiger partial charge in [-0.05, 0) is 57.8 Å². The first kappa shape index (κ1) is 20.5. The molecule has 1 fully saturated rings. The molecule has 136 valence electrons. The third-order valence-corrected chi connectivity index (χ3v) is 9.29. The van der Waals surface area contributed by atoms with Crippen molar-refractivity contribution >= 4 is 14.4 Å². The molecule has 1 amide bonds. The molecule has 5 nitrogen and oxygen atoms in total. The van der Waals surface area contributed by atoms with E-state index in [1.165, 1.54) is 0 Å². The van der Waals surface area contributed by atoms with E-state index < -0.39 is 13.9 Å². The van der Waals surface area contributed by atoms with E-state index in [9.17, 15) is 4.79 Å². The first-order chi connectivity index (χ1) is 10.2. The van der Waals surface area contributed by atoms with E-state index in [-0.39, 0.29) is 23.2 Å². The van der Waals surface area contributed by atoms with Gasteiger partial charge in [-0.25, -0.2) is 4.79 Å². The van der Waals surface area contributed by atoms with Gasteiger partial charge < -0.3 is 19.8 Å². The Kier molecular flexibility index (Phi) is 6.32. The number of carbonyl (C=O) groups excluding carboxylic acids is 1. The van der Waals surface area contributed by atoms with Crippen LogP contribution in [0.25, 0.3) is 0 Å². The van der Waals surface area contributed by atoms with Crippen LogP contribution in [0.15, 0.2) is 0 Å². The summed E-state index contributed by atoms with van der Waals surface area (Å²) < 4.78 is 12.0. The Morgan fingerprint density at radius 3 is 2.17 bits per heavy atom. The molecule has 0 aromatic rings. The zero-order valence-electron chi connectivity index (χ0n) is 16.2. The Balaban J connectivity index is 2.80. The summed E-state index contributed by atoms with van der Waals surface area (Å²) in [5.41, 5.74) is 5.40. The van der Waals surface area contributed by atoms with Crippen molar-refractivity contribution in [3.63, 3.8) is 0 Å². The van der Waals surface area contributed by atoms with E-state index in [0.717, 1.165) is 6.42 Å². The fourth-order valence-electron chi connectivity index (χ4n) is 2.48. The van der Waals surface area contributed by atoms with Gasteiger partial charge in [-0.1, -0.05) is 20.8 Å². The van der Waals surface area contributed by atoms with Gasteiger partial charge in [0, 0.05) is 13.1 Å². The summed E-state index contributed by atoms with van der Waals surface area (Å²) in [4.78, 5) is 14.2. The SMILES string of the molecule is CC(C)(C)OC(=O)N1C[C@@H](CN)C[C@H](O[Si](C)(C)C(C)(C)C)C1. The van der Waals surface area contributed by atoms with Gasteiger partial charge >= 0.3 is 6.09 Å². The maximum absolute atomic E-state index is 12.4. The molecular formula is C17H36N2O3Si. The molecule has 0 aromatic heterocycles. The van der Waals surface area contributed by atoms with E-state index >= 15 is 0 Å². The largest absolute Gasteiger partial charge is 0.444 e. The number of likely N-dealkylation sites (tertiary alicyclic amines) is 1. The number of piperidine rings is 1. The second-order valence-corrected chi connectivity index (χ2v) is 14.0. The Hall–Kier alpha value is -0.593. The number of carbonyl (C=O) groups is 1. The molecule has 0 unspecified atom stereocenters. The van der Waals surface area contributed by atoms with Crippen molar-refractivity contribution in [2.45, 2.75) is 77.8 Å². The molecule has 0 radical (unpaired) electrons. The van der Waals surface area contributed by atoms with Crippen molar-refractivity contribution in [1.82, 2.24) is 4.90 Å². The first-order valence-corrected chi connectivity index (χ1v) is 11.5. The molecule has 0 bridgehead atoms. The molecule has 2 atom stereocenters. The normalized spacial score (nSPS) is 23.8. The molecule has 23 heavy (non-hydrogen) atoms. The van der Waals surface area contributed by atoms with Gasteiger partial charge in [0.25, 0.3) is 0 Å². The van der Waals surface area contributed by atoms with E-state index in [2.05, 4.69) is 33.9 Å². The third-order valence-electron chi connectivity index (χ3n) is 4.75. The second kappa shape index (κ2) is 7.11. The van der Waals surface area contributed by atoms with Crippen LogP contribution in [0.5, 0.6) is 0 Å². The molecule has 1 rings (SSSR count). The predicted molar refractivity (Wildman–Crippen MR) is 97.0 cm³/mol. The molecule has 1 aliphatic heterocycles. The highest BCUT2D eigenvalue weighted by Crippen LogP contribution is 2.38. The van der Waals surface area contributed by atoms with Crippen molar-refractivity contribution in [3.05, 3.63) is 0 Å². The van der Waals surface area contributed by atoms with Crippen molar-refractivity contribution < 1.29 is 14.0 Å². The summed E-state index contributed by atoms with van der Waals surface area (Å²) in [6.45, 7) is 18.7. The van der Waals surface area contributed by atoms with Crippen LogP contribution in [0.4, 0.5) is 4.79 Å². The van der Waals surface area contributed by atoms with Crippen LogP contribution in [0.3, 0.4) is 0 Å². The second-order valence-electron chi connectivity index (χ2n) is 9.22. The van der Waals surface area contributed by atoms with Gasteiger partial charge in [0.05, 0.1) is 6.10 Å². The van der Waals surface area contributed by atoms with Crippen molar-refractivity contribution in [2.24, 2.45) is 11.7 Å². The van der Waals surface area contributed by atoms with E-state index in [1.807, 2.05) is 20.8 Å². The number of nitrogens with two attached hydrogens (primary N) is 1. The number of amides is 1. The fraction of sp³-hybridized carbons (Fsp3) is 0.941. The van der Waals surface area contributed by atoms with Crippen LogP contribution < -0.4 is 5.73 Å². The average Bonchev–Trinajstić information content (AvgIpc) is 2.34. The molecular weight excluding hydrogens is 308 g/mol. The van der Waals surface area contributed by atoms with Crippen LogP contribution in [0.1, 0.15) is 48.0 Å². The molecule has 0 aliphatic carbocycles. The Morgan fingerprint density at radius 2 is 1.74 bits per heavy atom. The Labute approximate surface area is 143 Å². The number of hydrogen-bond acceptors (Lipinski definition) is 4. The van der Waals surface area contributed by atoms with Gasteiger partial charge in [-0.15, -0.1) is 0 Å². The van der Waals surface area contributed by atoms with Crippen LogP contribution >= 0.6 is 0 Å². The Morgan fingerprint density at radius 1 is 1.17 bits per heavy atom. The number of ether oxygens (including phenoxy) is 1. The quantitative estimate of drug-likeness (QED) is 0.795. The predicted octanol–water partition coefficient (Wildman–Crippen LogP) is 3.59. The van der Waals surface area contributed by atoms with Crippen molar-refractivity contribution in [1.29, 1.82) is 0 Å². The van der Waals surface area contributed by atoms with Crippen LogP contribution in [0.2, 0.25) is 18.1 Å². The summed E-state index contributed by atoms with van der Waals surface area (Å²) in [6, 6.07) is 0. The van der Waals surface area contributed by atoms with E-state index in [0.29, 0.717) is 19.6 Å². The van der Waals surface area contributed by atoms with Crippen LogP contribution in [-0.4, -0.2) is 50.6 Å². The molecule has 1 saturated heterocycles. The summed E-state index contributed by atoms with van der Waals surface area (Å²) >= 11 is 0. The van der Waals surface area contributed by atoms with E-state index in [4.69, 9.17) is 14.9 Å². The monoisotopic (exact) mass is 344 g/mol. The highest BCUT2D eigenvalue weighted by Gasteiger charge is 2.41. The lowest BCUT2D eigenvalue weighted by Crippen LogP contribution is -2.54. The van der Waals surface area contributed by atoms with Crippen LogP contribution in [-0.2, 0) is 9.16 Å². The Bertz CT molecular complexity index is 413. The van der Waals surface area contributed by atoms with Crippen LogP contribution in [0, 0.1) is 5.92 Å². The molecule has 0 spiro atoms. The van der Waals surface area contributed by atoms with Gasteiger partial charge in [0.15, 0.2) is 8.32 Å². The highest BCUT2D eigenvalue weighted by atomic mass is 28.4. The molecule has 0 aromatic carbocycles. The summed E-state index contributed by atoms with van der Waals surface area (Å²) in [5, 5.41) is 0.152. The zero-order chi connectivity index (χ0) is 18.1. The van der Waals surface area contributed by atoms with Gasteiger partial charge in [0.2, 0.25) is 0 Å². The zero-order valence-corrected chi connectivity index (χ0v) is 17.2. The molecule has 0 saturated carbocycles. The average molecular weight is 345 g/mol. The fourth-order valence-corrected chi connectivity index (χ4v) is 3.84. The lowest BCUT2D eigenvalue weighted by atomic mass is 9.96. The lowest BCUT2D eigenvalue weighted by Gasteiger charge is -2.44. The minimum atomic E-state index is -1.87. The maximum Gasteiger partial charge on any atom is 0.410 e. The third kappa shape index (κ3) is 6.08. The summed E-state index contributed by atoms with van der Waals surface area (Å²) in [5.74, 6) is 0.269. The van der Waals surface area contributed by atoms with Gasteiger partial charge in [-0.3, -0.25) is 0 Å². The topological polar surface area (TPSA) is 64.8 Å². The minimum Gasteiger partial charge on any atom is -0.444 e. The van der Waals surface area contributed by atoms with E-state index in [1.54, 1.807) is 4.90 Å². The summed E-state index contributed by atoms with van der Waals surface area (Å²) in [6.07, 6.45) is 0.702. The number of rotatable bonds is 3. The van der Waals surface area contributed by atoms with Crippen molar-refractivity contribution in [2.75, 3.05) is 19.6 Å². The lowest BCUT2D eigenvalue weighted by molar-refractivity contribution is -0.00374. The smallest absolute Gasteiger partial charge is 0.410 e. The number of nitrogens with zero attached hydrogens (tertiary/aromatic N) is 1. The van der Waals surface area contributed by atoms with Gasteiger partial charge in [-0.2, -0.15) is 0 Å². The maximum atomic E-state index is 12.4. The molecule has 1 aliphatic rings. The molecule has 1 heterocycles. The minimum absolute atomic E-state index is 0.0470. The number of hydrogen-bond donors (Lipinski definition) is 1. The molecule has 2 N–H and O–H groups in total. The highest BCUT2D eigenvalue weighted by molar-refractivity contribution is 6.74. The standard InChI is InChI=1S/C17H36N2O3Si/c1-16(2,3)21-15(20)19-11-13(10-18)9-14(12-19)22-23(7,8)17(4,5)6/h13-14H,9-12,18H2,1-8H3/t13-,14+/m1/s1. The van der Waals surface area contributed by atoms with Crippen molar-refractivity contribution in [3.8, 4) is 0 Å². The first-order valence-electron chi connectivity index (χ1n) is 8.61.